The lowest BCUT2D eigenvalue weighted by Crippen LogP contribution is -2.58. The molecule has 0 unspecified atom stereocenters. The van der Waals surface area contributed by atoms with Crippen LogP contribution in [-0.4, -0.2) is 84.4 Å². The van der Waals surface area contributed by atoms with Crippen LogP contribution in [0, 0.1) is 5.92 Å². The third-order valence-electron chi connectivity index (χ3n) is 7.50. The highest BCUT2D eigenvalue weighted by atomic mass is 16.2. The molecule has 4 fully saturated rings. The number of piperidine rings is 1. The first-order valence-corrected chi connectivity index (χ1v) is 11.7. The van der Waals surface area contributed by atoms with Crippen LogP contribution in [0.25, 0.3) is 0 Å². The number of amides is 2. The van der Waals surface area contributed by atoms with E-state index in [1.165, 1.54) is 58.0 Å². The van der Waals surface area contributed by atoms with Crippen LogP contribution in [0.4, 0.5) is 0 Å². The standard InChI is InChI=1S/C22H38N4O2/c27-21(25-13-8-19(9-14-25)24-11-4-5-12-24)16-20-22(28)23-10-15-26(20)17-18-6-2-1-3-7-18/h18-20H,1-17H2,(H,23,28)/t20-/m1/s1. The minimum Gasteiger partial charge on any atom is -0.353 e. The molecule has 0 aromatic carbocycles. The maximum absolute atomic E-state index is 13.0. The van der Waals surface area contributed by atoms with E-state index in [0.717, 1.165) is 45.6 Å². The van der Waals surface area contributed by atoms with Gasteiger partial charge in [0.25, 0.3) is 0 Å². The molecule has 4 rings (SSSR count). The van der Waals surface area contributed by atoms with Crippen LogP contribution in [0.15, 0.2) is 0 Å². The summed E-state index contributed by atoms with van der Waals surface area (Å²) < 4.78 is 0. The molecule has 0 spiro atoms. The number of piperazine rings is 1. The fourth-order valence-electron chi connectivity index (χ4n) is 5.79. The first kappa shape index (κ1) is 20.1. The van der Waals surface area contributed by atoms with E-state index in [-0.39, 0.29) is 17.9 Å². The summed E-state index contributed by atoms with van der Waals surface area (Å²) in [5.74, 6) is 0.936. The molecule has 1 saturated carbocycles. The monoisotopic (exact) mass is 390 g/mol. The van der Waals surface area contributed by atoms with E-state index in [4.69, 9.17) is 0 Å². The number of hydrogen-bond acceptors (Lipinski definition) is 4. The number of nitrogens with one attached hydrogen (secondary N) is 1. The van der Waals surface area contributed by atoms with Crippen molar-refractivity contribution in [3.05, 3.63) is 0 Å². The normalized spacial score (nSPS) is 29.2. The number of likely N-dealkylation sites (tertiary alicyclic amines) is 2. The molecule has 4 aliphatic rings. The Labute approximate surface area is 170 Å². The van der Waals surface area contributed by atoms with Gasteiger partial charge in [-0.15, -0.1) is 0 Å². The molecule has 0 aromatic heterocycles. The van der Waals surface area contributed by atoms with Gasteiger partial charge in [0.1, 0.15) is 0 Å². The van der Waals surface area contributed by atoms with Crippen LogP contribution in [0.1, 0.15) is 64.2 Å². The van der Waals surface area contributed by atoms with Gasteiger partial charge in [0.15, 0.2) is 0 Å². The van der Waals surface area contributed by atoms with Gasteiger partial charge < -0.3 is 15.1 Å². The summed E-state index contributed by atoms with van der Waals surface area (Å²) in [6, 6.07) is 0.395. The molecule has 3 heterocycles. The van der Waals surface area contributed by atoms with E-state index in [0.29, 0.717) is 18.4 Å². The van der Waals surface area contributed by atoms with Crippen LogP contribution < -0.4 is 5.32 Å². The van der Waals surface area contributed by atoms with Crippen molar-refractivity contribution in [2.45, 2.75) is 76.3 Å². The number of carbonyl (C=O) groups excluding carboxylic acids is 2. The largest absolute Gasteiger partial charge is 0.353 e. The zero-order chi connectivity index (χ0) is 19.3. The van der Waals surface area contributed by atoms with Crippen molar-refractivity contribution in [1.29, 1.82) is 0 Å². The minimum atomic E-state index is -0.264. The minimum absolute atomic E-state index is 0.0577. The van der Waals surface area contributed by atoms with Crippen molar-refractivity contribution in [2.75, 3.05) is 45.8 Å². The molecular formula is C22H38N4O2. The molecule has 3 aliphatic heterocycles. The van der Waals surface area contributed by atoms with E-state index in [1.54, 1.807) is 0 Å². The predicted octanol–water partition coefficient (Wildman–Crippen LogP) is 1.84. The molecule has 158 valence electrons. The van der Waals surface area contributed by atoms with Gasteiger partial charge in [-0.25, -0.2) is 0 Å². The number of hydrogen-bond donors (Lipinski definition) is 1. The quantitative estimate of drug-likeness (QED) is 0.778. The van der Waals surface area contributed by atoms with Crippen molar-refractivity contribution in [3.63, 3.8) is 0 Å². The van der Waals surface area contributed by atoms with Crippen LogP contribution in [0.5, 0.6) is 0 Å². The van der Waals surface area contributed by atoms with Crippen molar-refractivity contribution in [1.82, 2.24) is 20.0 Å². The van der Waals surface area contributed by atoms with Crippen molar-refractivity contribution >= 4 is 11.8 Å². The zero-order valence-electron chi connectivity index (χ0n) is 17.4. The van der Waals surface area contributed by atoms with Gasteiger partial charge in [-0.1, -0.05) is 19.3 Å². The molecule has 6 nitrogen and oxygen atoms in total. The molecule has 0 radical (unpaired) electrons. The predicted molar refractivity (Wildman–Crippen MR) is 110 cm³/mol. The van der Waals surface area contributed by atoms with Gasteiger partial charge >= 0.3 is 0 Å². The SMILES string of the molecule is O=C1NCCN(CC2CCCCC2)[C@@H]1CC(=O)N1CCC(N2CCCC2)CC1. The highest BCUT2D eigenvalue weighted by molar-refractivity contribution is 5.88. The average Bonchev–Trinajstić information content (AvgIpc) is 3.26. The van der Waals surface area contributed by atoms with E-state index in [9.17, 15) is 9.59 Å². The third kappa shape index (κ3) is 4.88. The van der Waals surface area contributed by atoms with Gasteiger partial charge in [-0.05, 0) is 57.5 Å². The Balaban J connectivity index is 1.29. The Hall–Kier alpha value is -1.14. The maximum Gasteiger partial charge on any atom is 0.237 e. The smallest absolute Gasteiger partial charge is 0.237 e. The lowest BCUT2D eigenvalue weighted by molar-refractivity contribution is -0.140. The molecule has 0 aromatic rings. The molecule has 2 amide bonds. The van der Waals surface area contributed by atoms with Crippen LogP contribution >= 0.6 is 0 Å². The second-order valence-corrected chi connectivity index (χ2v) is 9.36. The third-order valence-corrected chi connectivity index (χ3v) is 7.50. The summed E-state index contributed by atoms with van der Waals surface area (Å²) in [7, 11) is 0. The van der Waals surface area contributed by atoms with Gasteiger partial charge in [0.05, 0.1) is 12.5 Å². The number of rotatable bonds is 5. The van der Waals surface area contributed by atoms with E-state index in [1.807, 2.05) is 4.90 Å². The van der Waals surface area contributed by atoms with Gasteiger partial charge in [-0.2, -0.15) is 0 Å². The van der Waals surface area contributed by atoms with Crippen molar-refractivity contribution in [3.8, 4) is 0 Å². The fraction of sp³-hybridized carbons (Fsp3) is 0.909. The van der Waals surface area contributed by atoms with Crippen molar-refractivity contribution < 1.29 is 9.59 Å². The van der Waals surface area contributed by atoms with E-state index >= 15 is 0 Å². The summed E-state index contributed by atoms with van der Waals surface area (Å²) in [6.07, 6.45) is 11.7. The zero-order valence-corrected chi connectivity index (χ0v) is 17.4. The Bertz CT molecular complexity index is 535. The van der Waals surface area contributed by atoms with Crippen LogP contribution in [-0.2, 0) is 9.59 Å². The molecule has 1 atom stereocenters. The van der Waals surface area contributed by atoms with Gasteiger partial charge in [0.2, 0.25) is 11.8 Å². The first-order valence-electron chi connectivity index (χ1n) is 11.7. The molecule has 1 N–H and O–H groups in total. The lowest BCUT2D eigenvalue weighted by atomic mass is 9.88. The Morgan fingerprint density at radius 2 is 1.61 bits per heavy atom. The Kier molecular flexibility index (Phi) is 6.89. The van der Waals surface area contributed by atoms with Crippen molar-refractivity contribution in [2.24, 2.45) is 5.92 Å². The van der Waals surface area contributed by atoms with Crippen LogP contribution in [0.2, 0.25) is 0 Å². The highest BCUT2D eigenvalue weighted by Crippen LogP contribution is 2.26. The lowest BCUT2D eigenvalue weighted by Gasteiger charge is -2.40. The summed E-state index contributed by atoms with van der Waals surface area (Å²) in [5, 5.41) is 2.99. The molecule has 0 bridgehead atoms. The molecular weight excluding hydrogens is 352 g/mol. The molecule has 1 aliphatic carbocycles. The number of carbonyl (C=O) groups is 2. The molecule has 28 heavy (non-hydrogen) atoms. The van der Waals surface area contributed by atoms with Gasteiger partial charge in [-0.3, -0.25) is 14.5 Å². The first-order chi connectivity index (χ1) is 13.7. The molecule has 6 heteroatoms. The van der Waals surface area contributed by atoms with E-state index in [2.05, 4.69) is 15.1 Å². The number of nitrogens with zero attached hydrogens (tertiary/aromatic N) is 3. The fourth-order valence-corrected chi connectivity index (χ4v) is 5.79. The van der Waals surface area contributed by atoms with Gasteiger partial charge in [0, 0.05) is 38.8 Å². The summed E-state index contributed by atoms with van der Waals surface area (Å²) in [5.41, 5.74) is 0. The second-order valence-electron chi connectivity index (χ2n) is 9.36. The Morgan fingerprint density at radius 1 is 0.893 bits per heavy atom. The second kappa shape index (κ2) is 9.57. The summed E-state index contributed by atoms with van der Waals surface area (Å²) >= 11 is 0. The summed E-state index contributed by atoms with van der Waals surface area (Å²) in [4.78, 5) is 32.5. The molecule has 3 saturated heterocycles. The van der Waals surface area contributed by atoms with Crippen LogP contribution in [0.3, 0.4) is 0 Å². The maximum atomic E-state index is 13.0. The summed E-state index contributed by atoms with van der Waals surface area (Å²) in [6.45, 7) is 6.78. The highest BCUT2D eigenvalue weighted by Gasteiger charge is 2.35. The Morgan fingerprint density at radius 3 is 2.32 bits per heavy atom. The topological polar surface area (TPSA) is 55.9 Å². The van der Waals surface area contributed by atoms with E-state index < -0.39 is 0 Å². The average molecular weight is 391 g/mol.